The van der Waals surface area contributed by atoms with Crippen LogP contribution < -0.4 is 10.6 Å². The third-order valence-corrected chi connectivity index (χ3v) is 7.66. The molecule has 0 bridgehead atoms. The number of aromatic amines is 1. The molecule has 2 amide bonds. The largest absolute Gasteiger partial charge is 0.449 e. The maximum Gasteiger partial charge on any atom is 0.342 e. The van der Waals surface area contributed by atoms with Crippen LogP contribution in [0.4, 0.5) is 10.8 Å². The van der Waals surface area contributed by atoms with Gasteiger partial charge in [0.1, 0.15) is 16.8 Å². The van der Waals surface area contributed by atoms with Crippen LogP contribution in [0.15, 0.2) is 12.7 Å². The standard InChI is InChI=1S/C23H26N6O4S/c1-12(20(30)28-19-17-18(25-10-24-17)26-11-27-19)33-23(32)16-14-8-5-9-15(14)34-22(16)29-21(31)13-6-3-2-4-7-13/h10-13H,2-9H2,1H3,(H,29,31)(H2,24,25,26,27,28,30). The molecule has 3 N–H and O–H groups in total. The van der Waals surface area contributed by atoms with Crippen LogP contribution in [0.3, 0.4) is 0 Å². The number of aromatic nitrogens is 4. The van der Waals surface area contributed by atoms with Crippen molar-refractivity contribution in [3.8, 4) is 0 Å². The third kappa shape index (κ3) is 4.39. The van der Waals surface area contributed by atoms with Crippen LogP contribution in [-0.2, 0) is 27.2 Å². The fraction of sp³-hybridized carbons (Fsp3) is 0.478. The van der Waals surface area contributed by atoms with Gasteiger partial charge in [0, 0.05) is 10.8 Å². The lowest BCUT2D eigenvalue weighted by atomic mass is 9.89. The molecular formula is C23H26N6O4S. The quantitative estimate of drug-likeness (QED) is 0.456. The maximum atomic E-state index is 13.2. The fourth-order valence-corrected chi connectivity index (χ4v) is 5.92. The van der Waals surface area contributed by atoms with E-state index < -0.39 is 18.0 Å². The molecule has 3 aromatic rings. The Morgan fingerprint density at radius 1 is 1.09 bits per heavy atom. The molecule has 1 unspecified atom stereocenters. The first-order valence-corrected chi connectivity index (χ1v) is 12.4. The van der Waals surface area contributed by atoms with Crippen molar-refractivity contribution in [1.29, 1.82) is 0 Å². The smallest absolute Gasteiger partial charge is 0.342 e. The van der Waals surface area contributed by atoms with E-state index in [1.807, 2.05) is 0 Å². The van der Waals surface area contributed by atoms with Gasteiger partial charge >= 0.3 is 5.97 Å². The number of nitrogens with one attached hydrogen (secondary N) is 3. The average Bonchev–Trinajstić information content (AvgIpc) is 3.56. The number of amides is 2. The molecule has 5 rings (SSSR count). The Kier molecular flexibility index (Phi) is 6.27. The Bertz CT molecular complexity index is 1250. The Morgan fingerprint density at radius 3 is 2.74 bits per heavy atom. The maximum absolute atomic E-state index is 13.2. The highest BCUT2D eigenvalue weighted by Gasteiger charge is 2.32. The van der Waals surface area contributed by atoms with Crippen molar-refractivity contribution in [2.45, 2.75) is 64.4 Å². The number of carbonyl (C=O) groups excluding carboxylic acids is 3. The number of carbonyl (C=O) groups is 3. The lowest BCUT2D eigenvalue weighted by Crippen LogP contribution is -2.31. The second kappa shape index (κ2) is 9.49. The molecule has 10 nitrogen and oxygen atoms in total. The van der Waals surface area contributed by atoms with E-state index in [1.165, 1.54) is 30.9 Å². The van der Waals surface area contributed by atoms with E-state index in [2.05, 4.69) is 30.6 Å². The van der Waals surface area contributed by atoms with Gasteiger partial charge in [0.25, 0.3) is 5.91 Å². The SMILES string of the molecule is CC(OC(=O)c1c(NC(=O)C2CCCCC2)sc2c1CCC2)C(=O)Nc1ncnc2nc[nH]c12. The number of hydrogen-bond acceptors (Lipinski definition) is 8. The highest BCUT2D eigenvalue weighted by molar-refractivity contribution is 7.17. The molecule has 3 aromatic heterocycles. The number of ether oxygens (including phenoxy) is 1. The number of hydrogen-bond donors (Lipinski definition) is 3. The van der Waals surface area contributed by atoms with E-state index in [0.717, 1.165) is 61.8 Å². The zero-order chi connectivity index (χ0) is 23.7. The first-order chi connectivity index (χ1) is 16.5. The number of thiophene rings is 1. The van der Waals surface area contributed by atoms with Gasteiger partial charge in [-0.15, -0.1) is 11.3 Å². The highest BCUT2D eigenvalue weighted by atomic mass is 32.1. The zero-order valence-corrected chi connectivity index (χ0v) is 19.7. The van der Waals surface area contributed by atoms with Crippen LogP contribution in [0.2, 0.25) is 0 Å². The number of nitrogens with zero attached hydrogens (tertiary/aromatic N) is 3. The lowest BCUT2D eigenvalue weighted by molar-refractivity contribution is -0.124. The van der Waals surface area contributed by atoms with Gasteiger partial charge in [-0.25, -0.2) is 19.7 Å². The van der Waals surface area contributed by atoms with Crippen LogP contribution in [0.25, 0.3) is 11.2 Å². The minimum absolute atomic E-state index is 0.0218. The lowest BCUT2D eigenvalue weighted by Gasteiger charge is -2.21. The number of fused-ring (bicyclic) bond motifs is 2. The van der Waals surface area contributed by atoms with E-state index >= 15 is 0 Å². The second-order valence-corrected chi connectivity index (χ2v) is 9.85. The summed E-state index contributed by atoms with van der Waals surface area (Å²) in [6, 6.07) is 0. The molecule has 0 aliphatic heterocycles. The molecule has 0 aromatic carbocycles. The molecule has 1 saturated carbocycles. The van der Waals surface area contributed by atoms with Gasteiger partial charge in [-0.2, -0.15) is 0 Å². The number of imidazole rings is 1. The molecule has 0 saturated heterocycles. The average molecular weight is 483 g/mol. The molecule has 178 valence electrons. The number of anilines is 2. The minimum Gasteiger partial charge on any atom is -0.449 e. The molecule has 2 aliphatic rings. The number of rotatable bonds is 6. The molecule has 2 aliphatic carbocycles. The monoisotopic (exact) mass is 482 g/mol. The summed E-state index contributed by atoms with van der Waals surface area (Å²) in [6.45, 7) is 1.51. The molecule has 0 spiro atoms. The second-order valence-electron chi connectivity index (χ2n) is 8.75. The van der Waals surface area contributed by atoms with Crippen LogP contribution >= 0.6 is 11.3 Å². The molecular weight excluding hydrogens is 456 g/mol. The fourth-order valence-electron chi connectivity index (χ4n) is 4.64. The van der Waals surface area contributed by atoms with Crippen molar-refractivity contribution in [2.24, 2.45) is 5.92 Å². The summed E-state index contributed by atoms with van der Waals surface area (Å²) < 4.78 is 5.55. The van der Waals surface area contributed by atoms with Crippen LogP contribution in [0.1, 0.15) is 66.2 Å². The van der Waals surface area contributed by atoms with E-state index in [9.17, 15) is 14.4 Å². The predicted molar refractivity (Wildman–Crippen MR) is 127 cm³/mol. The first-order valence-electron chi connectivity index (χ1n) is 11.6. The van der Waals surface area contributed by atoms with Crippen molar-refractivity contribution in [2.75, 3.05) is 10.6 Å². The van der Waals surface area contributed by atoms with Gasteiger partial charge in [-0.3, -0.25) is 9.59 Å². The summed E-state index contributed by atoms with van der Waals surface area (Å²) >= 11 is 1.45. The third-order valence-electron chi connectivity index (χ3n) is 6.46. The molecule has 0 radical (unpaired) electrons. The van der Waals surface area contributed by atoms with Crippen molar-refractivity contribution in [3.05, 3.63) is 28.7 Å². The van der Waals surface area contributed by atoms with Crippen molar-refractivity contribution in [1.82, 2.24) is 19.9 Å². The van der Waals surface area contributed by atoms with Gasteiger partial charge in [-0.05, 0) is 44.6 Å². The number of esters is 1. The number of aryl methyl sites for hydroxylation is 1. The molecule has 1 atom stereocenters. The van der Waals surface area contributed by atoms with Crippen LogP contribution in [-0.4, -0.2) is 43.8 Å². The molecule has 34 heavy (non-hydrogen) atoms. The van der Waals surface area contributed by atoms with Gasteiger partial charge in [0.05, 0.1) is 11.9 Å². The predicted octanol–water partition coefficient (Wildman–Crippen LogP) is 3.61. The summed E-state index contributed by atoms with van der Waals surface area (Å²) in [5.41, 5.74) is 2.22. The van der Waals surface area contributed by atoms with E-state index in [0.29, 0.717) is 21.7 Å². The molecule has 11 heteroatoms. The summed E-state index contributed by atoms with van der Waals surface area (Å²) in [4.78, 5) is 54.9. The van der Waals surface area contributed by atoms with Crippen LogP contribution in [0.5, 0.6) is 0 Å². The summed E-state index contributed by atoms with van der Waals surface area (Å²) in [7, 11) is 0. The summed E-state index contributed by atoms with van der Waals surface area (Å²) in [5.74, 6) is -0.927. The summed E-state index contributed by atoms with van der Waals surface area (Å²) in [6.07, 6.45) is 9.30. The van der Waals surface area contributed by atoms with Gasteiger partial charge in [0.15, 0.2) is 17.6 Å². The Balaban J connectivity index is 1.30. The Morgan fingerprint density at radius 2 is 1.91 bits per heavy atom. The zero-order valence-electron chi connectivity index (χ0n) is 18.8. The summed E-state index contributed by atoms with van der Waals surface area (Å²) in [5, 5.41) is 6.19. The Hall–Kier alpha value is -3.34. The van der Waals surface area contributed by atoms with Crippen LogP contribution in [0, 0.1) is 5.92 Å². The van der Waals surface area contributed by atoms with Crippen molar-refractivity contribution in [3.63, 3.8) is 0 Å². The van der Waals surface area contributed by atoms with Gasteiger partial charge < -0.3 is 20.4 Å². The number of H-pyrrole nitrogens is 1. The molecule has 3 heterocycles. The van der Waals surface area contributed by atoms with Gasteiger partial charge in [0.2, 0.25) is 5.91 Å². The van der Waals surface area contributed by atoms with Gasteiger partial charge in [-0.1, -0.05) is 19.3 Å². The molecule has 1 fully saturated rings. The Labute approximate surface area is 199 Å². The van der Waals surface area contributed by atoms with Crippen molar-refractivity contribution >= 4 is 51.1 Å². The van der Waals surface area contributed by atoms with E-state index in [1.54, 1.807) is 0 Å². The van der Waals surface area contributed by atoms with E-state index in [-0.39, 0.29) is 17.6 Å². The normalized spacial score (nSPS) is 16.7. The van der Waals surface area contributed by atoms with Crippen molar-refractivity contribution < 1.29 is 19.1 Å². The first kappa shape index (κ1) is 22.5. The minimum atomic E-state index is -1.07. The highest BCUT2D eigenvalue weighted by Crippen LogP contribution is 2.40. The van der Waals surface area contributed by atoms with E-state index in [4.69, 9.17) is 4.74 Å². The topological polar surface area (TPSA) is 139 Å².